The summed E-state index contributed by atoms with van der Waals surface area (Å²) in [6.45, 7) is 0. The van der Waals surface area contributed by atoms with Gasteiger partial charge in [-0.15, -0.1) is 0 Å². The number of halogens is 1. The zero-order valence-electron chi connectivity index (χ0n) is 13.0. The number of nitrogens with zero attached hydrogens (tertiary/aromatic N) is 1. The monoisotopic (exact) mass is 326 g/mol. The van der Waals surface area contributed by atoms with Crippen molar-refractivity contribution < 1.29 is 18.7 Å². The van der Waals surface area contributed by atoms with Gasteiger partial charge in [0, 0.05) is 12.0 Å². The van der Waals surface area contributed by atoms with E-state index >= 15 is 0 Å². The summed E-state index contributed by atoms with van der Waals surface area (Å²) in [7, 11) is 1.23. The Morgan fingerprint density at radius 1 is 1.25 bits per heavy atom. The van der Waals surface area contributed by atoms with Crippen LogP contribution in [0.15, 0.2) is 48.5 Å². The van der Waals surface area contributed by atoms with Gasteiger partial charge in [-0.05, 0) is 42.0 Å². The zero-order chi connectivity index (χ0) is 17.5. The number of benzene rings is 2. The summed E-state index contributed by atoms with van der Waals surface area (Å²) in [4.78, 5) is 24.1. The lowest BCUT2D eigenvalue weighted by Gasteiger charge is -2.17. The molecule has 2 aromatic rings. The molecule has 1 N–H and O–H groups in total. The number of nitriles is 1. The molecule has 0 radical (unpaired) electrons. The largest absolute Gasteiger partial charge is 0.467 e. The highest BCUT2D eigenvalue weighted by Gasteiger charge is 2.22. The Morgan fingerprint density at radius 3 is 2.58 bits per heavy atom. The lowest BCUT2D eigenvalue weighted by atomic mass is 10.0. The standard InChI is InChI=1S/C18H15FN2O3/c1-24-18(23)16(10-12-3-2-4-13(9-12)11-20)21-17(22)14-5-7-15(19)8-6-14/h2-9,16H,10H2,1H3,(H,21,22)/t16-/m1/s1. The number of carbonyl (C=O) groups excluding carboxylic acids is 2. The molecule has 2 aromatic carbocycles. The number of ether oxygens (including phenoxy) is 1. The lowest BCUT2D eigenvalue weighted by Crippen LogP contribution is -2.43. The van der Waals surface area contributed by atoms with E-state index in [4.69, 9.17) is 10.00 Å². The van der Waals surface area contributed by atoms with E-state index < -0.39 is 23.7 Å². The number of amides is 1. The summed E-state index contributed by atoms with van der Waals surface area (Å²) in [5, 5.41) is 11.5. The predicted octanol–water partition coefficient (Wildman–Crippen LogP) is 2.21. The number of hydrogen-bond donors (Lipinski definition) is 1. The molecule has 0 saturated heterocycles. The first-order chi connectivity index (χ1) is 11.5. The summed E-state index contributed by atoms with van der Waals surface area (Å²) in [6, 6.07) is 12.8. The Balaban J connectivity index is 2.16. The van der Waals surface area contributed by atoms with Crippen LogP contribution in [0.4, 0.5) is 4.39 Å². The van der Waals surface area contributed by atoms with E-state index in [0.29, 0.717) is 11.1 Å². The molecule has 24 heavy (non-hydrogen) atoms. The molecule has 0 aliphatic rings. The van der Waals surface area contributed by atoms with E-state index in [1.807, 2.05) is 6.07 Å². The third kappa shape index (κ3) is 4.40. The smallest absolute Gasteiger partial charge is 0.328 e. The van der Waals surface area contributed by atoms with E-state index in [9.17, 15) is 14.0 Å². The van der Waals surface area contributed by atoms with Gasteiger partial charge in [0.05, 0.1) is 18.7 Å². The van der Waals surface area contributed by atoms with E-state index in [1.165, 1.54) is 31.4 Å². The van der Waals surface area contributed by atoms with Crippen LogP contribution in [-0.2, 0) is 16.0 Å². The Bertz CT molecular complexity index is 782. The molecule has 0 spiro atoms. The lowest BCUT2D eigenvalue weighted by molar-refractivity contribution is -0.142. The molecule has 0 saturated carbocycles. The summed E-state index contributed by atoms with van der Waals surface area (Å²) < 4.78 is 17.6. The van der Waals surface area contributed by atoms with Gasteiger partial charge < -0.3 is 10.1 Å². The van der Waals surface area contributed by atoms with Crippen LogP contribution in [0.5, 0.6) is 0 Å². The van der Waals surface area contributed by atoms with E-state index in [-0.39, 0.29) is 12.0 Å². The third-order valence-corrected chi connectivity index (χ3v) is 3.39. The van der Waals surface area contributed by atoms with Gasteiger partial charge >= 0.3 is 5.97 Å². The molecule has 6 heteroatoms. The second-order valence-electron chi connectivity index (χ2n) is 5.07. The van der Waals surface area contributed by atoms with E-state index in [0.717, 1.165) is 0 Å². The number of hydrogen-bond acceptors (Lipinski definition) is 4. The fraction of sp³-hybridized carbons (Fsp3) is 0.167. The number of carbonyl (C=O) groups is 2. The molecule has 1 amide bonds. The van der Waals surface area contributed by atoms with Gasteiger partial charge in [0.15, 0.2) is 0 Å². The van der Waals surface area contributed by atoms with Crippen molar-refractivity contribution >= 4 is 11.9 Å². The highest BCUT2D eigenvalue weighted by atomic mass is 19.1. The van der Waals surface area contributed by atoms with Crippen LogP contribution < -0.4 is 5.32 Å². The SMILES string of the molecule is COC(=O)[C@@H](Cc1cccc(C#N)c1)NC(=O)c1ccc(F)cc1. The number of methoxy groups -OCH3 is 1. The van der Waals surface area contributed by atoms with Gasteiger partial charge in [0.25, 0.3) is 5.91 Å². The fourth-order valence-electron chi connectivity index (χ4n) is 2.18. The molecule has 2 rings (SSSR count). The molecular weight excluding hydrogens is 311 g/mol. The van der Waals surface area contributed by atoms with Crippen molar-refractivity contribution in [1.29, 1.82) is 5.26 Å². The minimum absolute atomic E-state index is 0.176. The molecule has 0 aromatic heterocycles. The van der Waals surface area contributed by atoms with Gasteiger partial charge in [-0.2, -0.15) is 5.26 Å². The zero-order valence-corrected chi connectivity index (χ0v) is 13.0. The highest BCUT2D eigenvalue weighted by Crippen LogP contribution is 2.09. The van der Waals surface area contributed by atoms with Gasteiger partial charge in [0.1, 0.15) is 11.9 Å². The molecule has 0 aliphatic heterocycles. The van der Waals surface area contributed by atoms with Crippen LogP contribution in [0.2, 0.25) is 0 Å². The first-order valence-electron chi connectivity index (χ1n) is 7.17. The quantitative estimate of drug-likeness (QED) is 0.855. The van der Waals surface area contributed by atoms with Crippen LogP contribution in [0.3, 0.4) is 0 Å². The summed E-state index contributed by atoms with van der Waals surface area (Å²) in [6.07, 6.45) is 0.176. The highest BCUT2D eigenvalue weighted by molar-refractivity contribution is 5.96. The molecule has 1 atom stereocenters. The molecule has 0 fully saturated rings. The number of rotatable bonds is 5. The van der Waals surface area contributed by atoms with Crippen LogP contribution in [0, 0.1) is 17.1 Å². The minimum Gasteiger partial charge on any atom is -0.467 e. The maximum atomic E-state index is 12.9. The Morgan fingerprint density at radius 2 is 1.96 bits per heavy atom. The molecule has 0 unspecified atom stereocenters. The third-order valence-electron chi connectivity index (χ3n) is 3.39. The van der Waals surface area contributed by atoms with Crippen molar-refractivity contribution in [3.8, 4) is 6.07 Å². The topological polar surface area (TPSA) is 79.2 Å². The van der Waals surface area contributed by atoms with Crippen LogP contribution in [0.1, 0.15) is 21.5 Å². The first kappa shape index (κ1) is 17.2. The van der Waals surface area contributed by atoms with Crippen molar-refractivity contribution in [2.24, 2.45) is 0 Å². The average Bonchev–Trinajstić information content (AvgIpc) is 2.61. The maximum Gasteiger partial charge on any atom is 0.328 e. The van der Waals surface area contributed by atoms with Crippen LogP contribution in [-0.4, -0.2) is 25.0 Å². The van der Waals surface area contributed by atoms with E-state index in [2.05, 4.69) is 5.32 Å². The van der Waals surface area contributed by atoms with Crippen LogP contribution in [0.25, 0.3) is 0 Å². The normalized spacial score (nSPS) is 11.2. The van der Waals surface area contributed by atoms with Gasteiger partial charge in [-0.3, -0.25) is 4.79 Å². The molecule has 5 nitrogen and oxygen atoms in total. The Kier molecular flexibility index (Phi) is 5.63. The van der Waals surface area contributed by atoms with Crippen LogP contribution >= 0.6 is 0 Å². The van der Waals surface area contributed by atoms with Gasteiger partial charge in [-0.25, -0.2) is 9.18 Å². The summed E-state index contributed by atoms with van der Waals surface area (Å²) in [5.74, 6) is -1.57. The molecule has 0 bridgehead atoms. The van der Waals surface area contributed by atoms with Crippen molar-refractivity contribution in [3.05, 3.63) is 71.0 Å². The first-order valence-corrected chi connectivity index (χ1v) is 7.17. The van der Waals surface area contributed by atoms with Gasteiger partial charge in [-0.1, -0.05) is 12.1 Å². The predicted molar refractivity (Wildman–Crippen MR) is 84.5 cm³/mol. The van der Waals surface area contributed by atoms with E-state index in [1.54, 1.807) is 24.3 Å². The molecular formula is C18H15FN2O3. The molecule has 122 valence electrons. The molecule has 0 heterocycles. The average molecular weight is 326 g/mol. The number of nitrogens with one attached hydrogen (secondary N) is 1. The Labute approximate surface area is 138 Å². The number of esters is 1. The van der Waals surface area contributed by atoms with Crippen molar-refractivity contribution in [2.75, 3.05) is 7.11 Å². The second-order valence-corrected chi connectivity index (χ2v) is 5.07. The second kappa shape index (κ2) is 7.88. The fourth-order valence-corrected chi connectivity index (χ4v) is 2.18. The summed E-state index contributed by atoms with van der Waals surface area (Å²) in [5.41, 5.74) is 1.40. The van der Waals surface area contributed by atoms with Gasteiger partial charge in [0.2, 0.25) is 0 Å². The Hall–Kier alpha value is -3.20. The van der Waals surface area contributed by atoms with Crippen molar-refractivity contribution in [3.63, 3.8) is 0 Å². The summed E-state index contributed by atoms with van der Waals surface area (Å²) >= 11 is 0. The maximum absolute atomic E-state index is 12.9. The van der Waals surface area contributed by atoms with Crippen molar-refractivity contribution in [2.45, 2.75) is 12.5 Å². The minimum atomic E-state index is -0.915. The van der Waals surface area contributed by atoms with Crippen molar-refractivity contribution in [1.82, 2.24) is 5.32 Å². The molecule has 0 aliphatic carbocycles.